The Balaban J connectivity index is 1.52. The van der Waals surface area contributed by atoms with Gasteiger partial charge in [0.1, 0.15) is 11.4 Å². The smallest absolute Gasteiger partial charge is 0.280 e. The van der Waals surface area contributed by atoms with Crippen molar-refractivity contribution >= 4 is 28.4 Å². The molecule has 3 aromatic heterocycles. The predicted molar refractivity (Wildman–Crippen MR) is 137 cm³/mol. The molecule has 0 unspecified atom stereocenters. The molecule has 1 saturated carbocycles. The number of carbonyl (C=O) groups excluding carboxylic acids is 1. The van der Waals surface area contributed by atoms with Crippen LogP contribution in [0.1, 0.15) is 42.3 Å². The number of benzene rings is 1. The predicted octanol–water partition coefficient (Wildman–Crippen LogP) is 6.05. The summed E-state index contributed by atoms with van der Waals surface area (Å²) in [4.78, 5) is 18.0. The van der Waals surface area contributed by atoms with Crippen LogP contribution in [0.2, 0.25) is 5.02 Å². The van der Waals surface area contributed by atoms with Crippen molar-refractivity contribution in [3.63, 3.8) is 0 Å². The van der Waals surface area contributed by atoms with Crippen LogP contribution < -0.4 is 0 Å². The number of rotatable bonds is 5. The number of alkyl halides is 2. The van der Waals surface area contributed by atoms with Crippen molar-refractivity contribution in [2.45, 2.75) is 39.2 Å². The van der Waals surface area contributed by atoms with Crippen molar-refractivity contribution < 1.29 is 13.6 Å². The fraction of sp³-hybridized carbons (Fsp3) is 0.333. The summed E-state index contributed by atoms with van der Waals surface area (Å²) in [6.07, 6.45) is 3.14. The van der Waals surface area contributed by atoms with Gasteiger partial charge in [0.15, 0.2) is 0 Å². The number of carbonyl (C=O) groups is 1. The third-order valence-corrected chi connectivity index (χ3v) is 8.24. The fourth-order valence-corrected chi connectivity index (χ4v) is 6.22. The summed E-state index contributed by atoms with van der Waals surface area (Å²) in [5, 5.41) is 13.0. The highest BCUT2D eigenvalue weighted by Gasteiger charge is 2.55. The van der Waals surface area contributed by atoms with E-state index >= 15 is 0 Å². The first-order valence-electron chi connectivity index (χ1n) is 12.1. The molecule has 1 spiro atoms. The first-order valence-corrected chi connectivity index (χ1v) is 12.5. The molecule has 7 nitrogen and oxygen atoms in total. The van der Waals surface area contributed by atoms with Crippen LogP contribution in [0.3, 0.4) is 0 Å². The molecule has 4 heterocycles. The average molecular weight is 523 g/mol. The van der Waals surface area contributed by atoms with E-state index in [4.69, 9.17) is 16.7 Å². The zero-order chi connectivity index (χ0) is 26.1. The normalized spacial score (nSPS) is 16.9. The van der Waals surface area contributed by atoms with Gasteiger partial charge >= 0.3 is 0 Å². The number of pyridine rings is 1. The molecule has 1 aromatic carbocycles. The number of aryl methyl sites for hydroxylation is 2. The van der Waals surface area contributed by atoms with Crippen LogP contribution in [0.4, 0.5) is 8.78 Å². The highest BCUT2D eigenvalue weighted by atomic mass is 35.5. The standard InChI is InChI=1S/C27H25ClF2N6O/c1-4-20(37)35-12-27(13-35)9-16(10-27)36-25(26(29)30)22(24(34-36)17-6-5-7-31-15(17)3)21-18-11-32-33-19(18)8-14(2)23(21)28/h4-8,11,16,26H,1,9-10,12-13H2,2-3H3,(H,32,33). The molecule has 0 atom stereocenters. The Morgan fingerprint density at radius 1 is 1.30 bits per heavy atom. The summed E-state index contributed by atoms with van der Waals surface area (Å²) < 4.78 is 31.5. The Labute approximate surface area is 217 Å². The molecule has 1 amide bonds. The zero-order valence-electron chi connectivity index (χ0n) is 20.4. The van der Waals surface area contributed by atoms with Crippen LogP contribution in [-0.2, 0) is 4.79 Å². The second-order valence-corrected chi connectivity index (χ2v) is 10.5. The summed E-state index contributed by atoms with van der Waals surface area (Å²) >= 11 is 6.83. The van der Waals surface area contributed by atoms with E-state index < -0.39 is 6.43 Å². The van der Waals surface area contributed by atoms with Crippen molar-refractivity contribution in [1.29, 1.82) is 0 Å². The van der Waals surface area contributed by atoms with Crippen LogP contribution in [-0.4, -0.2) is 48.9 Å². The van der Waals surface area contributed by atoms with Crippen LogP contribution in [0.25, 0.3) is 33.3 Å². The van der Waals surface area contributed by atoms with Gasteiger partial charge in [-0.1, -0.05) is 18.2 Å². The molecule has 37 heavy (non-hydrogen) atoms. The summed E-state index contributed by atoms with van der Waals surface area (Å²) in [5.74, 6) is -0.101. The van der Waals surface area contributed by atoms with Crippen LogP contribution in [0, 0.1) is 19.3 Å². The molecule has 1 aliphatic heterocycles. The number of aromatic nitrogens is 5. The van der Waals surface area contributed by atoms with E-state index in [0.29, 0.717) is 69.9 Å². The minimum absolute atomic E-state index is 0.0575. The van der Waals surface area contributed by atoms with Gasteiger partial charge in [-0.25, -0.2) is 8.78 Å². The number of hydrogen-bond acceptors (Lipinski definition) is 4. The van der Waals surface area contributed by atoms with E-state index in [-0.39, 0.29) is 23.1 Å². The number of aromatic amines is 1. The van der Waals surface area contributed by atoms with E-state index in [1.807, 2.05) is 26.0 Å². The quantitative estimate of drug-likeness (QED) is 0.324. The first-order chi connectivity index (χ1) is 17.7. The van der Waals surface area contributed by atoms with Gasteiger partial charge in [-0.05, 0) is 56.5 Å². The van der Waals surface area contributed by atoms with E-state index in [1.165, 1.54) is 10.8 Å². The number of hydrogen-bond donors (Lipinski definition) is 1. The SMILES string of the molecule is C=CC(=O)N1CC2(CC(n3nc(-c4cccnc4C)c(-c4c(Cl)c(C)cc5[nH]ncc45)c3C(F)F)C2)C1. The van der Waals surface area contributed by atoms with Crippen molar-refractivity contribution in [3.05, 3.63) is 65.2 Å². The lowest BCUT2D eigenvalue weighted by atomic mass is 9.60. The fourth-order valence-electron chi connectivity index (χ4n) is 5.97. The van der Waals surface area contributed by atoms with Gasteiger partial charge in [0.2, 0.25) is 5.91 Å². The molecular formula is C27H25ClF2N6O. The van der Waals surface area contributed by atoms with Crippen molar-refractivity contribution in [2.24, 2.45) is 5.41 Å². The molecular weight excluding hydrogens is 498 g/mol. The Bertz CT molecular complexity index is 1560. The van der Waals surface area contributed by atoms with Gasteiger partial charge in [0.05, 0.1) is 22.8 Å². The maximum Gasteiger partial charge on any atom is 0.280 e. The van der Waals surface area contributed by atoms with Crippen molar-refractivity contribution in [2.75, 3.05) is 13.1 Å². The maximum atomic E-state index is 15.0. The molecule has 190 valence electrons. The van der Waals surface area contributed by atoms with E-state index in [0.717, 1.165) is 5.56 Å². The number of fused-ring (bicyclic) bond motifs is 1. The van der Waals surface area contributed by atoms with E-state index in [1.54, 1.807) is 23.4 Å². The Hall–Kier alpha value is -3.59. The highest BCUT2D eigenvalue weighted by Crippen LogP contribution is 2.56. The average Bonchev–Trinajstić information content (AvgIpc) is 3.43. The van der Waals surface area contributed by atoms with Gasteiger partial charge in [-0.15, -0.1) is 0 Å². The van der Waals surface area contributed by atoms with E-state index in [9.17, 15) is 13.6 Å². The number of halogens is 3. The molecule has 2 aliphatic rings. The minimum atomic E-state index is -2.79. The van der Waals surface area contributed by atoms with Gasteiger partial charge in [0, 0.05) is 52.5 Å². The second kappa shape index (κ2) is 8.48. The van der Waals surface area contributed by atoms with Gasteiger partial charge in [-0.3, -0.25) is 19.6 Å². The topological polar surface area (TPSA) is 79.7 Å². The first kappa shape index (κ1) is 23.8. The minimum Gasteiger partial charge on any atom is -0.338 e. The number of H-pyrrole nitrogens is 1. The summed E-state index contributed by atoms with van der Waals surface area (Å²) in [6.45, 7) is 8.45. The van der Waals surface area contributed by atoms with Gasteiger partial charge in [0.25, 0.3) is 6.43 Å². The number of nitrogens with one attached hydrogen (secondary N) is 1. The monoisotopic (exact) mass is 522 g/mol. The van der Waals surface area contributed by atoms with Crippen LogP contribution in [0.15, 0.2) is 43.2 Å². The Morgan fingerprint density at radius 2 is 2.05 bits per heavy atom. The molecule has 0 bridgehead atoms. The molecule has 6 rings (SSSR count). The Morgan fingerprint density at radius 3 is 2.73 bits per heavy atom. The van der Waals surface area contributed by atoms with Gasteiger partial charge in [-0.2, -0.15) is 10.2 Å². The highest BCUT2D eigenvalue weighted by molar-refractivity contribution is 6.36. The Kier molecular flexibility index (Phi) is 5.45. The lowest BCUT2D eigenvalue weighted by molar-refractivity contribution is -0.149. The number of likely N-dealkylation sites (tertiary alicyclic amines) is 1. The van der Waals surface area contributed by atoms with Crippen molar-refractivity contribution in [1.82, 2.24) is 29.9 Å². The zero-order valence-corrected chi connectivity index (χ0v) is 21.2. The second-order valence-electron chi connectivity index (χ2n) is 10.2. The lowest BCUT2D eigenvalue weighted by Crippen LogP contribution is -2.63. The largest absolute Gasteiger partial charge is 0.338 e. The van der Waals surface area contributed by atoms with Crippen LogP contribution >= 0.6 is 11.6 Å². The summed E-state index contributed by atoms with van der Waals surface area (Å²) in [5.41, 5.74) is 3.83. The third-order valence-electron chi connectivity index (χ3n) is 7.75. The van der Waals surface area contributed by atoms with E-state index in [2.05, 4.69) is 21.8 Å². The molecule has 4 aromatic rings. The number of nitrogens with zero attached hydrogens (tertiary/aromatic N) is 5. The third kappa shape index (κ3) is 3.59. The molecule has 0 radical (unpaired) electrons. The summed E-state index contributed by atoms with van der Waals surface area (Å²) in [6, 6.07) is 5.27. The van der Waals surface area contributed by atoms with Crippen molar-refractivity contribution in [3.8, 4) is 22.4 Å². The number of amides is 1. The summed E-state index contributed by atoms with van der Waals surface area (Å²) in [7, 11) is 0. The lowest BCUT2D eigenvalue weighted by Gasteiger charge is -2.58. The van der Waals surface area contributed by atoms with Gasteiger partial charge < -0.3 is 4.90 Å². The molecule has 1 aliphatic carbocycles. The molecule has 1 saturated heterocycles. The van der Waals surface area contributed by atoms with Crippen LogP contribution in [0.5, 0.6) is 0 Å². The molecule has 10 heteroatoms. The molecule has 1 N–H and O–H groups in total. The maximum absolute atomic E-state index is 15.0. The molecule has 2 fully saturated rings.